The van der Waals surface area contributed by atoms with Gasteiger partial charge in [0.2, 0.25) is 0 Å². The maximum absolute atomic E-state index is 2.92. The van der Waals surface area contributed by atoms with E-state index in [2.05, 4.69) is 80.4 Å². The van der Waals surface area contributed by atoms with Crippen molar-refractivity contribution in [3.63, 3.8) is 0 Å². The standard InChI is InChI=1S/C6H21Si4.2C5H5.CH3.Hf/c1-7(2)10(8(3)4)9(5)6;2*1-2-4-5-3-1;;/h7-9H,1-6H3;2*1-3H,4H2;1H3;. The van der Waals surface area contributed by atoms with Crippen molar-refractivity contribution in [3.8, 4) is 0 Å². The molecule has 0 aliphatic heterocycles. The summed E-state index contributed by atoms with van der Waals surface area (Å²) in [6.45, 7) is 16.6. The Morgan fingerprint density at radius 1 is 0.773 bits per heavy atom. The number of rotatable bonds is 6. The fourth-order valence-electron chi connectivity index (χ4n) is 6.13. The molecule has 2 rings (SSSR count). The second-order valence-corrected chi connectivity index (χ2v) is 90.8. The van der Waals surface area contributed by atoms with Crippen molar-refractivity contribution in [3.05, 3.63) is 43.1 Å². The molecule has 0 nitrogen and oxygen atoms in total. The van der Waals surface area contributed by atoms with E-state index < -0.39 is 47.9 Å². The van der Waals surface area contributed by atoms with Crippen LogP contribution in [0.15, 0.2) is 43.1 Å². The number of allylic oxidation sites excluding steroid dienone is 8. The minimum atomic E-state index is -2.57. The van der Waals surface area contributed by atoms with Crippen LogP contribution < -0.4 is 0 Å². The Morgan fingerprint density at radius 2 is 1.14 bits per heavy atom. The number of hydrogen-bond acceptors (Lipinski definition) is 0. The van der Waals surface area contributed by atoms with Gasteiger partial charge in [0, 0.05) is 0 Å². The van der Waals surface area contributed by atoms with Gasteiger partial charge in [0.15, 0.2) is 0 Å². The minimum absolute atomic E-state index is 0.551. The van der Waals surface area contributed by atoms with Gasteiger partial charge in [0.05, 0.1) is 0 Å². The van der Waals surface area contributed by atoms with Gasteiger partial charge in [-0.2, -0.15) is 0 Å². The van der Waals surface area contributed by atoms with Crippen LogP contribution in [-0.2, 0) is 19.1 Å². The molecule has 0 atom stereocenters. The van der Waals surface area contributed by atoms with E-state index in [1.54, 1.807) is 0 Å². The van der Waals surface area contributed by atoms with Gasteiger partial charge in [0.25, 0.3) is 0 Å². The molecule has 2 aliphatic rings. The summed E-state index contributed by atoms with van der Waals surface area (Å²) in [5.41, 5.74) is 0. The Kier molecular flexibility index (Phi) is 6.31. The van der Waals surface area contributed by atoms with E-state index >= 15 is 0 Å². The summed E-state index contributed by atoms with van der Waals surface area (Å²) in [7, 11) is -1.65. The van der Waals surface area contributed by atoms with E-state index in [1.165, 1.54) is 12.8 Å². The van der Waals surface area contributed by atoms with Gasteiger partial charge in [-0.1, -0.05) is 0 Å². The van der Waals surface area contributed by atoms with Crippen LogP contribution in [0.1, 0.15) is 12.8 Å². The van der Waals surface area contributed by atoms with Gasteiger partial charge < -0.3 is 0 Å². The Morgan fingerprint density at radius 3 is 1.36 bits per heavy atom. The summed E-state index contributed by atoms with van der Waals surface area (Å²) in [4.78, 5) is 0. The summed E-state index contributed by atoms with van der Waals surface area (Å²) < 4.78 is 5.93. The van der Waals surface area contributed by atoms with E-state index in [-0.39, 0.29) is 0 Å². The molecule has 0 aromatic carbocycles. The molecule has 5 heteroatoms. The predicted molar refractivity (Wildman–Crippen MR) is 112 cm³/mol. The van der Waals surface area contributed by atoms with E-state index in [0.29, 0.717) is 0 Å². The molecule has 22 heavy (non-hydrogen) atoms. The Hall–Kier alpha value is 0.698. The van der Waals surface area contributed by atoms with E-state index in [9.17, 15) is 0 Å². The zero-order valence-electron chi connectivity index (χ0n) is 15.6. The fraction of sp³-hybridized carbons (Fsp3) is 0.529. The quantitative estimate of drug-likeness (QED) is 0.445. The molecule has 0 aromatic heterocycles. The molecular formula is C17H34HfSi4. The number of hydrogen-bond donors (Lipinski definition) is 0. The summed E-state index contributed by atoms with van der Waals surface area (Å²) in [5, 5.41) is 0. The first-order chi connectivity index (χ1) is 10.3. The van der Waals surface area contributed by atoms with E-state index in [0.717, 1.165) is 0 Å². The monoisotopic (exact) mass is 530 g/mol. The van der Waals surface area contributed by atoms with Crippen molar-refractivity contribution in [2.75, 3.05) is 0 Å². The summed E-state index contributed by atoms with van der Waals surface area (Å²) in [6.07, 6.45) is 17.5. The van der Waals surface area contributed by atoms with Crippen molar-refractivity contribution in [2.45, 2.75) is 56.8 Å². The van der Waals surface area contributed by atoms with Crippen molar-refractivity contribution in [1.82, 2.24) is 0 Å². The van der Waals surface area contributed by atoms with E-state index in [4.69, 9.17) is 0 Å². The molecule has 0 spiro atoms. The molecule has 0 radical (unpaired) electrons. The van der Waals surface area contributed by atoms with Crippen LogP contribution in [0.4, 0.5) is 0 Å². The van der Waals surface area contributed by atoms with E-state index in [1.807, 2.05) is 6.66 Å². The van der Waals surface area contributed by atoms with Gasteiger partial charge in [-0.3, -0.25) is 0 Å². The average Bonchev–Trinajstić information content (AvgIpc) is 3.12. The first-order valence-corrected chi connectivity index (χ1v) is 35.9. The maximum atomic E-state index is 2.92. The molecule has 0 bridgehead atoms. The summed E-state index contributed by atoms with van der Waals surface area (Å²) in [5.74, 6) is 0. The molecule has 0 aromatic rings. The summed E-state index contributed by atoms with van der Waals surface area (Å²) in [6, 6.07) is 0. The van der Waals surface area contributed by atoms with Crippen LogP contribution in [0.2, 0.25) is 44.0 Å². The van der Waals surface area contributed by atoms with Crippen LogP contribution in [0.5, 0.6) is 0 Å². The van der Waals surface area contributed by atoms with Crippen LogP contribution >= 0.6 is 0 Å². The van der Waals surface area contributed by atoms with Crippen LogP contribution in [0.3, 0.4) is 0 Å². The first-order valence-electron chi connectivity index (χ1n) is 9.01. The molecule has 0 N–H and O–H groups in total. The molecule has 122 valence electrons. The molecule has 0 saturated carbocycles. The molecule has 0 amide bonds. The van der Waals surface area contributed by atoms with Gasteiger partial charge in [0.1, 0.15) is 0 Å². The average molecular weight is 529 g/mol. The molecule has 2 aliphatic carbocycles. The normalized spacial score (nSPS) is 18.8. The van der Waals surface area contributed by atoms with Gasteiger partial charge in [-0.25, -0.2) is 0 Å². The van der Waals surface area contributed by atoms with Crippen molar-refractivity contribution in [1.29, 1.82) is 0 Å². The van der Waals surface area contributed by atoms with Crippen LogP contribution in [0.25, 0.3) is 0 Å². The Balaban J connectivity index is 2.69. The zero-order valence-corrected chi connectivity index (χ0v) is 23.7. The van der Waals surface area contributed by atoms with Crippen molar-refractivity contribution < 1.29 is 19.1 Å². The third-order valence-corrected chi connectivity index (χ3v) is 202. The Labute approximate surface area is 147 Å². The summed E-state index contributed by atoms with van der Waals surface area (Å²) >= 11 is -2.57. The van der Waals surface area contributed by atoms with Gasteiger partial charge >= 0.3 is 148 Å². The topological polar surface area (TPSA) is 0 Å². The zero-order chi connectivity index (χ0) is 16.5. The fourth-order valence-corrected chi connectivity index (χ4v) is 236. The molecule has 0 saturated heterocycles. The Bertz CT molecular complexity index is 489. The van der Waals surface area contributed by atoms with Crippen LogP contribution in [0, 0.1) is 0 Å². The van der Waals surface area contributed by atoms with Crippen molar-refractivity contribution >= 4 is 28.8 Å². The first kappa shape index (κ1) is 19.0. The molecule has 0 fully saturated rings. The molecule has 0 heterocycles. The third-order valence-electron chi connectivity index (χ3n) is 6.56. The van der Waals surface area contributed by atoms with Gasteiger partial charge in [-0.15, -0.1) is 0 Å². The van der Waals surface area contributed by atoms with Crippen molar-refractivity contribution in [2.24, 2.45) is 0 Å². The third kappa shape index (κ3) is 2.79. The SMILES string of the molecule is C[SiH](C)[Si]([SiH](C)C)([SiH](C)C)[Hf]([CH3])([C]1=CC=CC1)[C]1=CC=CC1. The van der Waals surface area contributed by atoms with Crippen LogP contribution in [-0.4, -0.2) is 28.8 Å². The molecule has 0 unspecified atom stereocenters. The molecular weight excluding hydrogens is 495 g/mol. The predicted octanol–water partition coefficient (Wildman–Crippen LogP) is 4.52. The second-order valence-electron chi connectivity index (χ2n) is 8.17. The second kappa shape index (κ2) is 7.29. The van der Waals surface area contributed by atoms with Gasteiger partial charge in [-0.05, 0) is 0 Å².